The topological polar surface area (TPSA) is 79.8 Å². The minimum absolute atomic E-state index is 0. The number of fused-ring (bicyclic) bond motifs is 1. The molecule has 0 unspecified atom stereocenters. The van der Waals surface area contributed by atoms with Crippen LogP contribution >= 0.6 is 0 Å². The zero-order chi connectivity index (χ0) is 12.5. The predicted octanol–water partition coefficient (Wildman–Crippen LogP) is 3.39. The Bertz CT molecular complexity index is 740. The number of nitrogens with zero attached hydrogens (tertiary/aromatic N) is 2. The van der Waals surface area contributed by atoms with Crippen LogP contribution in [0.1, 0.15) is 10.6 Å². The maximum Gasteiger partial charge on any atom is 0.185 e. The van der Waals surface area contributed by atoms with E-state index in [-0.39, 0.29) is 42.7 Å². The van der Waals surface area contributed by atoms with Gasteiger partial charge in [0, 0.05) is 43.0 Å². The van der Waals surface area contributed by atoms with E-state index in [9.17, 15) is 4.79 Å². The van der Waals surface area contributed by atoms with Crippen LogP contribution < -0.4 is 0 Å². The van der Waals surface area contributed by atoms with Crippen LogP contribution in [-0.4, -0.2) is 16.3 Å². The SMILES string of the molecule is [NH-]c1ncnc2ccc(-c3ccc(C=O)o3)cc12.[U]. The molecule has 0 aliphatic carbocycles. The largest absolute Gasteiger partial charge is 0.481 e. The molecule has 0 radical (unpaired) electrons. The van der Waals surface area contributed by atoms with Crippen molar-refractivity contribution in [3.8, 4) is 11.3 Å². The first-order valence-electron chi connectivity index (χ1n) is 5.29. The van der Waals surface area contributed by atoms with Crippen LogP contribution in [0.5, 0.6) is 0 Å². The summed E-state index contributed by atoms with van der Waals surface area (Å²) in [6.07, 6.45) is 2.02. The molecule has 0 saturated carbocycles. The van der Waals surface area contributed by atoms with Crippen molar-refractivity contribution in [2.45, 2.75) is 0 Å². The van der Waals surface area contributed by atoms with Gasteiger partial charge in [0.05, 0.1) is 5.52 Å². The Morgan fingerprint density at radius 2 is 2.00 bits per heavy atom. The fourth-order valence-corrected chi connectivity index (χ4v) is 1.78. The van der Waals surface area contributed by atoms with E-state index in [2.05, 4.69) is 9.97 Å². The average Bonchev–Trinajstić information content (AvgIpc) is 2.88. The molecule has 2 heterocycles. The van der Waals surface area contributed by atoms with Crippen LogP contribution in [0, 0.1) is 31.1 Å². The number of aromatic nitrogens is 2. The number of carbonyl (C=O) groups is 1. The number of aldehydes is 1. The second kappa shape index (κ2) is 5.56. The van der Waals surface area contributed by atoms with Gasteiger partial charge < -0.3 is 15.1 Å². The molecule has 1 N–H and O–H groups in total. The molecule has 19 heavy (non-hydrogen) atoms. The molecule has 3 rings (SSSR count). The summed E-state index contributed by atoms with van der Waals surface area (Å²) in [7, 11) is 0. The van der Waals surface area contributed by atoms with Crippen molar-refractivity contribution in [2.24, 2.45) is 0 Å². The number of rotatable bonds is 2. The van der Waals surface area contributed by atoms with Gasteiger partial charge in [-0.2, -0.15) is 0 Å². The summed E-state index contributed by atoms with van der Waals surface area (Å²) in [6, 6.07) is 8.74. The van der Waals surface area contributed by atoms with E-state index in [1.807, 2.05) is 6.07 Å². The summed E-state index contributed by atoms with van der Waals surface area (Å²) in [5.41, 5.74) is 9.23. The Kier molecular flexibility index (Phi) is 4.03. The third-order valence-electron chi connectivity index (χ3n) is 2.66. The van der Waals surface area contributed by atoms with Gasteiger partial charge in [-0.1, -0.05) is 5.82 Å². The van der Waals surface area contributed by atoms with Gasteiger partial charge in [-0.05, 0) is 35.7 Å². The second-order valence-corrected chi connectivity index (χ2v) is 3.77. The number of benzene rings is 1. The minimum Gasteiger partial charge on any atom is -0.481 e. The minimum atomic E-state index is 0. The van der Waals surface area contributed by atoms with E-state index in [0.717, 1.165) is 5.56 Å². The molecule has 5 nitrogen and oxygen atoms in total. The Balaban J connectivity index is 0.00000133. The van der Waals surface area contributed by atoms with Gasteiger partial charge in [0.2, 0.25) is 0 Å². The summed E-state index contributed by atoms with van der Waals surface area (Å²) in [5.74, 6) is 1.03. The van der Waals surface area contributed by atoms with Gasteiger partial charge in [0.25, 0.3) is 0 Å². The molecule has 1 aromatic carbocycles. The molecule has 0 amide bonds. The van der Waals surface area contributed by atoms with Crippen LogP contribution in [0.3, 0.4) is 0 Å². The molecule has 2 aromatic heterocycles. The van der Waals surface area contributed by atoms with Crippen molar-refractivity contribution < 1.29 is 40.3 Å². The Hall–Kier alpha value is -1.64. The van der Waals surface area contributed by atoms with Gasteiger partial charge in [0.15, 0.2) is 12.0 Å². The number of hydrogen-bond donors (Lipinski definition) is 0. The van der Waals surface area contributed by atoms with Crippen molar-refractivity contribution >= 4 is 23.0 Å². The van der Waals surface area contributed by atoms with E-state index in [1.165, 1.54) is 6.33 Å². The van der Waals surface area contributed by atoms with Gasteiger partial charge in [-0.3, -0.25) is 9.78 Å². The van der Waals surface area contributed by atoms with Crippen LogP contribution in [0.2, 0.25) is 0 Å². The monoisotopic (exact) mass is 476 g/mol. The predicted molar refractivity (Wildman–Crippen MR) is 66.6 cm³/mol. The van der Waals surface area contributed by atoms with E-state index < -0.39 is 0 Å². The molecule has 0 bridgehead atoms. The van der Waals surface area contributed by atoms with Crippen LogP contribution in [-0.2, 0) is 0 Å². The number of hydrogen-bond acceptors (Lipinski definition) is 4. The second-order valence-electron chi connectivity index (χ2n) is 3.77. The molecule has 3 aromatic rings. The summed E-state index contributed by atoms with van der Waals surface area (Å²) < 4.78 is 5.34. The maximum absolute atomic E-state index is 10.6. The maximum atomic E-state index is 10.6. The quantitative estimate of drug-likeness (QED) is 0.532. The van der Waals surface area contributed by atoms with Crippen molar-refractivity contribution in [2.75, 3.05) is 0 Å². The van der Waals surface area contributed by atoms with Gasteiger partial charge >= 0.3 is 0 Å². The van der Waals surface area contributed by atoms with E-state index >= 15 is 0 Å². The smallest absolute Gasteiger partial charge is 0.185 e. The van der Waals surface area contributed by atoms with Crippen molar-refractivity contribution in [1.82, 2.24) is 9.97 Å². The van der Waals surface area contributed by atoms with E-state index in [1.54, 1.807) is 24.3 Å². The van der Waals surface area contributed by atoms with Crippen molar-refractivity contribution in [3.63, 3.8) is 0 Å². The fourth-order valence-electron chi connectivity index (χ4n) is 1.78. The third kappa shape index (κ3) is 2.55. The average molecular weight is 476 g/mol. The standard InChI is InChI=1S/C13H9N3O2.U/c14-13-10-5-8(1-3-11(10)15-7-16-13)12-4-2-9(6-17)18-12;/h1-7H,(H2,14,15,16,17);/p-1. The first kappa shape index (κ1) is 13.8. The van der Waals surface area contributed by atoms with Gasteiger partial charge in [-0.25, -0.2) is 0 Å². The Labute approximate surface area is 132 Å². The summed E-state index contributed by atoms with van der Waals surface area (Å²) >= 11 is 0. The van der Waals surface area contributed by atoms with E-state index in [0.29, 0.717) is 22.9 Å². The number of carbonyl (C=O) groups excluding carboxylic acids is 1. The number of nitrogens with one attached hydrogen (secondary N) is 1. The summed E-state index contributed by atoms with van der Waals surface area (Å²) in [6.45, 7) is 0. The zero-order valence-electron chi connectivity index (χ0n) is 9.75. The van der Waals surface area contributed by atoms with Crippen molar-refractivity contribution in [1.29, 1.82) is 0 Å². The third-order valence-corrected chi connectivity index (χ3v) is 2.66. The number of furan rings is 1. The molecule has 0 atom stereocenters. The Morgan fingerprint density at radius 3 is 2.74 bits per heavy atom. The van der Waals surface area contributed by atoms with E-state index in [4.69, 9.17) is 10.2 Å². The van der Waals surface area contributed by atoms with Gasteiger partial charge in [-0.15, -0.1) is 0 Å². The van der Waals surface area contributed by atoms with Crippen LogP contribution in [0.25, 0.3) is 28.0 Å². The Morgan fingerprint density at radius 1 is 1.16 bits per heavy atom. The first-order valence-corrected chi connectivity index (χ1v) is 5.29. The molecule has 6 heteroatoms. The van der Waals surface area contributed by atoms with Crippen LogP contribution in [0.4, 0.5) is 5.82 Å². The molecule has 0 aliphatic heterocycles. The molecule has 92 valence electrons. The molecular weight excluding hydrogens is 468 g/mol. The molecule has 0 spiro atoms. The molecule has 0 saturated heterocycles. The molecule has 0 aliphatic rings. The molecular formula is C13H8N3O2U-. The molecule has 0 fully saturated rings. The summed E-state index contributed by atoms with van der Waals surface area (Å²) in [5, 5.41) is 0.652. The van der Waals surface area contributed by atoms with Crippen LogP contribution in [0.15, 0.2) is 41.1 Å². The van der Waals surface area contributed by atoms with Crippen molar-refractivity contribution in [3.05, 3.63) is 48.2 Å². The zero-order valence-corrected chi connectivity index (χ0v) is 13.9. The van der Waals surface area contributed by atoms with Gasteiger partial charge in [0.1, 0.15) is 5.76 Å². The summed E-state index contributed by atoms with van der Waals surface area (Å²) in [4.78, 5) is 18.5. The fraction of sp³-hybridized carbons (Fsp3) is 0. The normalized spacial score (nSPS) is 10.1. The first-order chi connectivity index (χ1) is 8.78.